The molecule has 1 N–H and O–H groups in total. The summed E-state index contributed by atoms with van der Waals surface area (Å²) < 4.78 is 0. The molecule has 2 aliphatic heterocycles. The monoisotopic (exact) mass is 469 g/mol. The van der Waals surface area contributed by atoms with Crippen molar-refractivity contribution in [3.05, 3.63) is 57.9 Å². The van der Waals surface area contributed by atoms with E-state index >= 15 is 0 Å². The van der Waals surface area contributed by atoms with E-state index in [4.69, 9.17) is 11.6 Å². The van der Waals surface area contributed by atoms with Crippen LogP contribution in [0.5, 0.6) is 0 Å². The van der Waals surface area contributed by atoms with E-state index in [9.17, 15) is 9.59 Å². The van der Waals surface area contributed by atoms with Crippen LogP contribution in [0.15, 0.2) is 30.5 Å². The van der Waals surface area contributed by atoms with Gasteiger partial charge in [0.1, 0.15) is 0 Å². The molecule has 4 rings (SSSR count). The van der Waals surface area contributed by atoms with Crippen LogP contribution in [-0.4, -0.2) is 70.4 Å². The molecule has 176 valence electrons. The lowest BCUT2D eigenvalue weighted by Gasteiger charge is -2.41. The van der Waals surface area contributed by atoms with Crippen LogP contribution in [0.4, 0.5) is 10.5 Å². The van der Waals surface area contributed by atoms with E-state index in [1.54, 1.807) is 18.3 Å². The summed E-state index contributed by atoms with van der Waals surface area (Å²) in [5.74, 6) is -0.207. The zero-order chi connectivity index (χ0) is 23.5. The van der Waals surface area contributed by atoms with Crippen molar-refractivity contribution in [2.24, 2.45) is 0 Å². The van der Waals surface area contributed by atoms with E-state index in [1.165, 1.54) is 0 Å². The minimum absolute atomic E-state index is 0.152. The Morgan fingerprint density at radius 3 is 2.55 bits per heavy atom. The van der Waals surface area contributed by atoms with Crippen LogP contribution < -0.4 is 5.32 Å². The van der Waals surface area contributed by atoms with Crippen molar-refractivity contribution in [3.63, 3.8) is 0 Å². The van der Waals surface area contributed by atoms with Gasteiger partial charge in [0.05, 0.1) is 5.56 Å². The molecule has 1 aromatic carbocycles. The van der Waals surface area contributed by atoms with Gasteiger partial charge in [-0.15, -0.1) is 0 Å². The maximum absolute atomic E-state index is 12.8. The highest BCUT2D eigenvalue weighted by Gasteiger charge is 2.31. The number of likely N-dealkylation sites (tertiary alicyclic amines) is 1. The smallest absolute Gasteiger partial charge is 0.320 e. The number of hydrogen-bond acceptors (Lipinski definition) is 4. The van der Waals surface area contributed by atoms with Gasteiger partial charge in [0.25, 0.3) is 5.91 Å². The second-order valence-corrected chi connectivity index (χ2v) is 9.57. The predicted molar refractivity (Wildman–Crippen MR) is 131 cm³/mol. The number of rotatable bonds is 4. The largest absolute Gasteiger partial charge is 0.325 e. The van der Waals surface area contributed by atoms with Crippen molar-refractivity contribution in [3.8, 4) is 0 Å². The zero-order valence-corrected chi connectivity index (χ0v) is 20.4. The maximum Gasteiger partial charge on any atom is 0.320 e. The van der Waals surface area contributed by atoms with E-state index in [0.717, 1.165) is 68.9 Å². The van der Waals surface area contributed by atoms with Gasteiger partial charge in [0.2, 0.25) is 0 Å². The number of benzene rings is 1. The van der Waals surface area contributed by atoms with Gasteiger partial charge in [-0.1, -0.05) is 11.6 Å². The predicted octanol–water partition coefficient (Wildman–Crippen LogP) is 4.33. The second kappa shape index (κ2) is 10.1. The molecule has 3 heterocycles. The van der Waals surface area contributed by atoms with Crippen LogP contribution >= 0.6 is 11.6 Å². The summed E-state index contributed by atoms with van der Waals surface area (Å²) in [6.07, 6.45) is 3.79. The minimum Gasteiger partial charge on any atom is -0.325 e. The molecule has 3 amide bonds. The number of aromatic nitrogens is 1. The number of carbonyl (C=O) groups excluding carboxylic acids is 2. The van der Waals surface area contributed by atoms with Gasteiger partial charge in [0.15, 0.2) is 0 Å². The molecule has 33 heavy (non-hydrogen) atoms. The molecule has 1 aromatic heterocycles. The molecular weight excluding hydrogens is 438 g/mol. The van der Waals surface area contributed by atoms with Crippen LogP contribution in [0.1, 0.15) is 46.9 Å². The zero-order valence-electron chi connectivity index (χ0n) is 19.6. The highest BCUT2D eigenvalue weighted by molar-refractivity contribution is 6.31. The Morgan fingerprint density at radius 1 is 1.12 bits per heavy atom. The molecule has 2 saturated heterocycles. The maximum atomic E-state index is 12.8. The Balaban J connectivity index is 1.42. The van der Waals surface area contributed by atoms with E-state index in [1.807, 2.05) is 35.8 Å². The molecule has 0 aliphatic carbocycles. The number of nitrogens with one attached hydrogen (secondary N) is 1. The van der Waals surface area contributed by atoms with Crippen LogP contribution in [0.25, 0.3) is 0 Å². The number of nitrogens with zero attached hydrogens (tertiary/aromatic N) is 4. The molecule has 1 unspecified atom stereocenters. The molecule has 2 aromatic rings. The number of piperazine rings is 1. The van der Waals surface area contributed by atoms with Crippen LogP contribution in [0, 0.1) is 13.8 Å². The van der Waals surface area contributed by atoms with E-state index in [-0.39, 0.29) is 18.0 Å². The van der Waals surface area contributed by atoms with Crippen LogP contribution in [0.2, 0.25) is 5.02 Å². The number of carbonyl (C=O) groups is 2. The Morgan fingerprint density at radius 2 is 1.88 bits per heavy atom. The average molecular weight is 470 g/mol. The Labute approximate surface area is 200 Å². The third-order valence-corrected chi connectivity index (χ3v) is 6.85. The first-order valence-electron chi connectivity index (χ1n) is 11.6. The summed E-state index contributed by atoms with van der Waals surface area (Å²) in [6.45, 7) is 10.8. The first-order valence-corrected chi connectivity index (χ1v) is 12.0. The molecule has 0 radical (unpaired) electrons. The lowest BCUT2D eigenvalue weighted by molar-refractivity contribution is 0.0814. The highest BCUT2D eigenvalue weighted by Crippen LogP contribution is 2.27. The normalized spacial score (nSPS) is 19.1. The van der Waals surface area contributed by atoms with Crippen molar-refractivity contribution in [1.82, 2.24) is 19.7 Å². The van der Waals surface area contributed by atoms with Crippen molar-refractivity contribution < 1.29 is 9.59 Å². The highest BCUT2D eigenvalue weighted by atomic mass is 35.5. The van der Waals surface area contributed by atoms with Gasteiger partial charge >= 0.3 is 6.03 Å². The molecule has 8 heteroatoms. The second-order valence-electron chi connectivity index (χ2n) is 9.13. The number of urea groups is 1. The standard InChI is InChI=1S/C25H32ClN5O2/c1-17-6-7-20(14-27-17)24(32)28-23-13-22(26)12-21(19(23)3)16-29-10-11-31(18(2)15-29)25(33)30-8-4-5-9-30/h6-7,12-14,18H,4-5,8-11,15-16H2,1-3H3,(H,28,32). The average Bonchev–Trinajstić information content (AvgIpc) is 3.32. The van der Waals surface area contributed by atoms with Crippen molar-refractivity contribution >= 4 is 29.2 Å². The molecule has 0 bridgehead atoms. The fraction of sp³-hybridized carbons (Fsp3) is 0.480. The number of amides is 3. The number of pyridine rings is 1. The topological polar surface area (TPSA) is 68.8 Å². The van der Waals surface area contributed by atoms with Crippen LogP contribution in [0.3, 0.4) is 0 Å². The summed E-state index contributed by atoms with van der Waals surface area (Å²) in [4.78, 5) is 36.1. The Kier molecular flexibility index (Phi) is 7.20. The molecule has 7 nitrogen and oxygen atoms in total. The summed E-state index contributed by atoms with van der Waals surface area (Å²) in [6, 6.07) is 7.67. The quantitative estimate of drug-likeness (QED) is 0.723. The number of halogens is 1. The Bertz CT molecular complexity index is 1020. The van der Waals surface area contributed by atoms with Gasteiger partial charge < -0.3 is 15.1 Å². The number of anilines is 1. The number of aryl methyl sites for hydroxylation is 1. The summed E-state index contributed by atoms with van der Waals surface area (Å²) in [5, 5.41) is 3.57. The van der Waals surface area contributed by atoms with Crippen molar-refractivity contribution in [2.75, 3.05) is 38.0 Å². The summed E-state index contributed by atoms with van der Waals surface area (Å²) >= 11 is 6.42. The molecular formula is C25H32ClN5O2. The molecule has 2 fully saturated rings. The third-order valence-electron chi connectivity index (χ3n) is 6.63. The fourth-order valence-corrected chi connectivity index (χ4v) is 4.86. The summed E-state index contributed by atoms with van der Waals surface area (Å²) in [5.41, 5.74) is 4.15. The fourth-order valence-electron chi connectivity index (χ4n) is 4.62. The van der Waals surface area contributed by atoms with E-state index in [2.05, 4.69) is 22.1 Å². The molecule has 1 atom stereocenters. The molecule has 2 aliphatic rings. The summed E-state index contributed by atoms with van der Waals surface area (Å²) in [7, 11) is 0. The van der Waals surface area contributed by atoms with Gasteiger partial charge in [-0.3, -0.25) is 14.7 Å². The lowest BCUT2D eigenvalue weighted by Crippen LogP contribution is -2.56. The minimum atomic E-state index is -0.207. The first-order chi connectivity index (χ1) is 15.8. The van der Waals surface area contributed by atoms with E-state index < -0.39 is 0 Å². The number of hydrogen-bond donors (Lipinski definition) is 1. The van der Waals surface area contributed by atoms with Crippen molar-refractivity contribution in [2.45, 2.75) is 46.2 Å². The van der Waals surface area contributed by atoms with Crippen molar-refractivity contribution in [1.29, 1.82) is 0 Å². The van der Waals surface area contributed by atoms with Gasteiger partial charge in [-0.25, -0.2) is 4.79 Å². The molecule has 0 saturated carbocycles. The Hall–Kier alpha value is -2.64. The van der Waals surface area contributed by atoms with Gasteiger partial charge in [0, 0.05) is 67.9 Å². The molecule has 0 spiro atoms. The van der Waals surface area contributed by atoms with Crippen LogP contribution in [-0.2, 0) is 6.54 Å². The third kappa shape index (κ3) is 5.47. The SMILES string of the molecule is Cc1ccc(C(=O)Nc2cc(Cl)cc(CN3CCN(C(=O)N4CCCC4)C(C)C3)c2C)cn1. The van der Waals surface area contributed by atoms with Gasteiger partial charge in [-0.2, -0.15) is 0 Å². The lowest BCUT2D eigenvalue weighted by atomic mass is 10.0. The first kappa shape index (κ1) is 23.5. The van der Waals surface area contributed by atoms with Gasteiger partial charge in [-0.05, 0) is 69.0 Å². The van der Waals surface area contributed by atoms with E-state index in [0.29, 0.717) is 16.3 Å².